The SMILES string of the molecule is CC(C)c1cc(NC(=O)[C@@H](C)N)nnc1-c1ccc(C(F)(F)F)cc1O. The Hall–Kier alpha value is -2.68. The van der Waals surface area contributed by atoms with E-state index in [1.807, 2.05) is 13.8 Å². The number of nitrogens with two attached hydrogens (primary N) is 1. The fraction of sp³-hybridized carbons (Fsp3) is 0.353. The molecule has 0 unspecified atom stereocenters. The molecule has 4 N–H and O–H groups in total. The van der Waals surface area contributed by atoms with Crippen molar-refractivity contribution in [1.29, 1.82) is 0 Å². The van der Waals surface area contributed by atoms with Crippen molar-refractivity contribution in [2.24, 2.45) is 5.73 Å². The highest BCUT2D eigenvalue weighted by molar-refractivity contribution is 5.93. The lowest BCUT2D eigenvalue weighted by molar-refractivity contribution is -0.137. The molecule has 0 spiro atoms. The van der Waals surface area contributed by atoms with E-state index < -0.39 is 29.4 Å². The predicted molar refractivity (Wildman–Crippen MR) is 90.5 cm³/mol. The van der Waals surface area contributed by atoms with E-state index >= 15 is 0 Å². The molecule has 0 saturated carbocycles. The maximum Gasteiger partial charge on any atom is 0.416 e. The fourth-order valence-corrected chi connectivity index (χ4v) is 2.26. The van der Waals surface area contributed by atoms with Crippen LogP contribution in [0.15, 0.2) is 24.3 Å². The monoisotopic (exact) mass is 368 g/mol. The van der Waals surface area contributed by atoms with Gasteiger partial charge in [-0.3, -0.25) is 4.79 Å². The molecule has 1 aromatic carbocycles. The lowest BCUT2D eigenvalue weighted by Crippen LogP contribution is -2.32. The van der Waals surface area contributed by atoms with Crippen molar-refractivity contribution in [2.45, 2.75) is 38.9 Å². The van der Waals surface area contributed by atoms with Crippen LogP contribution < -0.4 is 11.1 Å². The summed E-state index contributed by atoms with van der Waals surface area (Å²) in [7, 11) is 0. The third kappa shape index (κ3) is 4.29. The van der Waals surface area contributed by atoms with Crippen LogP contribution in [0.4, 0.5) is 19.0 Å². The van der Waals surface area contributed by atoms with E-state index in [1.54, 1.807) is 6.07 Å². The topological polar surface area (TPSA) is 101 Å². The van der Waals surface area contributed by atoms with Gasteiger partial charge in [-0.05, 0) is 42.7 Å². The number of hydrogen-bond acceptors (Lipinski definition) is 5. The number of anilines is 1. The van der Waals surface area contributed by atoms with Crippen LogP contribution in [-0.4, -0.2) is 27.3 Å². The number of aromatic nitrogens is 2. The Balaban J connectivity index is 2.48. The molecule has 6 nitrogen and oxygen atoms in total. The van der Waals surface area contributed by atoms with Gasteiger partial charge in [0.25, 0.3) is 0 Å². The zero-order chi connectivity index (χ0) is 19.6. The number of nitrogens with zero attached hydrogens (tertiary/aromatic N) is 2. The average molecular weight is 368 g/mol. The van der Waals surface area contributed by atoms with Gasteiger partial charge in [-0.1, -0.05) is 13.8 Å². The number of amides is 1. The molecule has 1 aromatic heterocycles. The number of halogens is 3. The van der Waals surface area contributed by atoms with E-state index in [1.165, 1.54) is 6.92 Å². The summed E-state index contributed by atoms with van der Waals surface area (Å²) in [5.74, 6) is -0.915. The van der Waals surface area contributed by atoms with Gasteiger partial charge in [0.05, 0.1) is 11.6 Å². The van der Waals surface area contributed by atoms with Crippen LogP contribution in [0.3, 0.4) is 0 Å². The number of aromatic hydroxyl groups is 1. The van der Waals surface area contributed by atoms with Crippen LogP contribution in [0.5, 0.6) is 5.75 Å². The summed E-state index contributed by atoms with van der Waals surface area (Å²) in [5, 5.41) is 20.4. The molecule has 0 aliphatic rings. The molecular formula is C17H19F3N4O2. The van der Waals surface area contributed by atoms with Gasteiger partial charge in [0.15, 0.2) is 5.82 Å². The summed E-state index contributed by atoms with van der Waals surface area (Å²) >= 11 is 0. The minimum Gasteiger partial charge on any atom is -0.507 e. The highest BCUT2D eigenvalue weighted by Gasteiger charge is 2.31. The standard InChI is InChI=1S/C17H19F3N4O2/c1-8(2)12-7-14(22-16(26)9(3)21)23-24-15(12)11-5-4-10(6-13(11)25)17(18,19)20/h4-9,25H,21H2,1-3H3,(H,22,23,26)/t9-/m1/s1. The summed E-state index contributed by atoms with van der Waals surface area (Å²) in [4.78, 5) is 11.7. The van der Waals surface area contributed by atoms with Crippen molar-refractivity contribution >= 4 is 11.7 Å². The van der Waals surface area contributed by atoms with Gasteiger partial charge in [0.1, 0.15) is 11.4 Å². The first-order chi connectivity index (χ1) is 12.0. The Morgan fingerprint density at radius 1 is 1.19 bits per heavy atom. The lowest BCUT2D eigenvalue weighted by atomic mass is 9.96. The van der Waals surface area contributed by atoms with Crippen molar-refractivity contribution in [3.05, 3.63) is 35.4 Å². The molecule has 0 saturated heterocycles. The van der Waals surface area contributed by atoms with Gasteiger partial charge in [-0.2, -0.15) is 13.2 Å². The highest BCUT2D eigenvalue weighted by Crippen LogP contribution is 2.38. The molecule has 1 atom stereocenters. The van der Waals surface area contributed by atoms with E-state index in [-0.39, 0.29) is 23.0 Å². The third-order valence-electron chi connectivity index (χ3n) is 3.69. The molecule has 0 aliphatic heterocycles. The third-order valence-corrected chi connectivity index (χ3v) is 3.69. The van der Waals surface area contributed by atoms with Crippen LogP contribution in [0.25, 0.3) is 11.3 Å². The summed E-state index contributed by atoms with van der Waals surface area (Å²) in [5.41, 5.74) is 5.50. The zero-order valence-corrected chi connectivity index (χ0v) is 14.4. The Morgan fingerprint density at radius 3 is 2.35 bits per heavy atom. The average Bonchev–Trinajstić information content (AvgIpc) is 2.53. The molecular weight excluding hydrogens is 349 g/mol. The number of alkyl halides is 3. The second-order valence-electron chi connectivity index (χ2n) is 6.20. The maximum atomic E-state index is 12.8. The molecule has 1 amide bonds. The fourth-order valence-electron chi connectivity index (χ4n) is 2.26. The normalized spacial score (nSPS) is 12.9. The molecule has 140 valence electrons. The highest BCUT2D eigenvalue weighted by atomic mass is 19.4. The Kier molecular flexibility index (Phi) is 5.50. The number of benzene rings is 1. The molecule has 2 rings (SSSR count). The molecule has 0 radical (unpaired) electrons. The van der Waals surface area contributed by atoms with Crippen LogP contribution in [0.2, 0.25) is 0 Å². The van der Waals surface area contributed by atoms with Crippen LogP contribution in [0.1, 0.15) is 37.8 Å². The minimum absolute atomic E-state index is 0.0897. The number of hydrogen-bond donors (Lipinski definition) is 3. The van der Waals surface area contributed by atoms with Gasteiger partial charge in [-0.25, -0.2) is 0 Å². The van der Waals surface area contributed by atoms with Crippen LogP contribution in [-0.2, 0) is 11.0 Å². The van der Waals surface area contributed by atoms with Gasteiger partial charge >= 0.3 is 6.18 Å². The molecule has 1 heterocycles. The number of rotatable bonds is 4. The van der Waals surface area contributed by atoms with Crippen LogP contribution >= 0.6 is 0 Å². The molecule has 26 heavy (non-hydrogen) atoms. The zero-order valence-electron chi connectivity index (χ0n) is 14.4. The molecule has 0 bridgehead atoms. The minimum atomic E-state index is -4.56. The van der Waals surface area contributed by atoms with Gasteiger partial charge in [0.2, 0.25) is 5.91 Å². The van der Waals surface area contributed by atoms with E-state index in [0.29, 0.717) is 11.6 Å². The first kappa shape index (κ1) is 19.6. The maximum absolute atomic E-state index is 12.8. The summed E-state index contributed by atoms with van der Waals surface area (Å²) < 4.78 is 38.3. The Morgan fingerprint density at radius 2 is 1.85 bits per heavy atom. The first-order valence-electron chi connectivity index (χ1n) is 7.85. The van der Waals surface area contributed by atoms with Crippen molar-refractivity contribution in [1.82, 2.24) is 10.2 Å². The van der Waals surface area contributed by atoms with Crippen molar-refractivity contribution in [3.63, 3.8) is 0 Å². The van der Waals surface area contributed by atoms with Gasteiger partial charge in [0, 0.05) is 5.56 Å². The predicted octanol–water partition coefficient (Wildman–Crippen LogP) is 3.28. The largest absolute Gasteiger partial charge is 0.507 e. The number of phenols is 1. The van der Waals surface area contributed by atoms with Gasteiger partial charge in [-0.15, -0.1) is 10.2 Å². The van der Waals surface area contributed by atoms with Crippen molar-refractivity contribution in [2.75, 3.05) is 5.32 Å². The Labute approximate surface area is 148 Å². The van der Waals surface area contributed by atoms with E-state index in [2.05, 4.69) is 15.5 Å². The number of carbonyl (C=O) groups excluding carboxylic acids is 1. The molecule has 9 heteroatoms. The first-order valence-corrected chi connectivity index (χ1v) is 7.85. The molecule has 0 aliphatic carbocycles. The summed E-state index contributed by atoms with van der Waals surface area (Å²) in [6.07, 6.45) is -4.56. The quantitative estimate of drug-likeness (QED) is 0.769. The summed E-state index contributed by atoms with van der Waals surface area (Å²) in [6, 6.07) is 3.48. The summed E-state index contributed by atoms with van der Waals surface area (Å²) in [6.45, 7) is 5.21. The number of carbonyl (C=O) groups is 1. The second kappa shape index (κ2) is 7.28. The number of nitrogens with one attached hydrogen (secondary N) is 1. The molecule has 0 fully saturated rings. The van der Waals surface area contributed by atoms with Crippen LogP contribution in [0, 0.1) is 0 Å². The van der Waals surface area contributed by atoms with E-state index in [0.717, 1.165) is 12.1 Å². The lowest BCUT2D eigenvalue weighted by Gasteiger charge is -2.15. The van der Waals surface area contributed by atoms with Crippen molar-refractivity contribution in [3.8, 4) is 17.0 Å². The smallest absolute Gasteiger partial charge is 0.416 e. The van der Waals surface area contributed by atoms with E-state index in [4.69, 9.17) is 5.73 Å². The molecule has 2 aromatic rings. The second-order valence-corrected chi connectivity index (χ2v) is 6.20. The van der Waals surface area contributed by atoms with Crippen molar-refractivity contribution < 1.29 is 23.1 Å². The van der Waals surface area contributed by atoms with Gasteiger partial charge < -0.3 is 16.2 Å². The van der Waals surface area contributed by atoms with E-state index in [9.17, 15) is 23.1 Å². The Bertz CT molecular complexity index is 820. The number of phenolic OH excluding ortho intramolecular Hbond substituents is 1.